The Morgan fingerprint density at radius 1 is 1.35 bits per heavy atom. The number of guanidine groups is 1. The van der Waals surface area contributed by atoms with Crippen LogP contribution in [0.3, 0.4) is 0 Å². The van der Waals surface area contributed by atoms with Crippen molar-refractivity contribution >= 4 is 5.96 Å². The molecule has 2 saturated carbocycles. The Morgan fingerprint density at radius 2 is 2.00 bits per heavy atom. The van der Waals surface area contributed by atoms with E-state index in [9.17, 15) is 5.11 Å². The van der Waals surface area contributed by atoms with E-state index in [1.54, 1.807) is 14.2 Å². The molecule has 20 heavy (non-hydrogen) atoms. The van der Waals surface area contributed by atoms with Crippen molar-refractivity contribution < 1.29 is 9.84 Å². The van der Waals surface area contributed by atoms with Crippen LogP contribution in [0.5, 0.6) is 0 Å². The Morgan fingerprint density at radius 3 is 2.50 bits per heavy atom. The number of ether oxygens (including phenoxy) is 1. The average Bonchev–Trinajstić information content (AvgIpc) is 2.84. The standard InChI is InChI=1S/C15H29N3O2/c1-14(2)11(9-12(14)20-4)18-13(16-3)17-10-15(19)7-5-6-8-15/h11-12,19H,5-10H2,1-4H3,(H2,16,17,18). The summed E-state index contributed by atoms with van der Waals surface area (Å²) in [5.74, 6) is 0.776. The Balaban J connectivity index is 1.82. The molecule has 5 nitrogen and oxygen atoms in total. The van der Waals surface area contributed by atoms with Gasteiger partial charge in [-0.05, 0) is 19.3 Å². The Hall–Kier alpha value is -0.810. The third kappa shape index (κ3) is 3.09. The molecule has 0 bridgehead atoms. The second-order valence-corrected chi connectivity index (χ2v) is 6.84. The summed E-state index contributed by atoms with van der Waals surface area (Å²) in [5, 5.41) is 17.1. The van der Waals surface area contributed by atoms with Crippen molar-refractivity contribution in [3.63, 3.8) is 0 Å². The summed E-state index contributed by atoms with van der Waals surface area (Å²) in [6, 6.07) is 0.358. The topological polar surface area (TPSA) is 65.9 Å². The largest absolute Gasteiger partial charge is 0.388 e. The molecule has 0 radical (unpaired) electrons. The normalized spacial score (nSPS) is 31.8. The van der Waals surface area contributed by atoms with Gasteiger partial charge in [-0.3, -0.25) is 4.99 Å². The van der Waals surface area contributed by atoms with Gasteiger partial charge in [0.15, 0.2) is 5.96 Å². The van der Waals surface area contributed by atoms with E-state index in [1.165, 1.54) is 0 Å². The molecule has 0 aromatic carbocycles. The van der Waals surface area contributed by atoms with Crippen molar-refractivity contribution in [3.8, 4) is 0 Å². The Kier molecular flexibility index (Phi) is 4.59. The van der Waals surface area contributed by atoms with E-state index < -0.39 is 5.60 Å². The zero-order chi connectivity index (χ0) is 14.8. The fraction of sp³-hybridized carbons (Fsp3) is 0.933. The second-order valence-electron chi connectivity index (χ2n) is 6.84. The molecule has 116 valence electrons. The van der Waals surface area contributed by atoms with E-state index in [0.29, 0.717) is 18.7 Å². The van der Waals surface area contributed by atoms with E-state index in [-0.39, 0.29) is 5.41 Å². The van der Waals surface area contributed by atoms with Crippen LogP contribution in [-0.2, 0) is 4.74 Å². The highest BCUT2D eigenvalue weighted by Crippen LogP contribution is 2.42. The van der Waals surface area contributed by atoms with E-state index in [1.807, 2.05) is 0 Å². The van der Waals surface area contributed by atoms with Gasteiger partial charge in [-0.2, -0.15) is 0 Å². The van der Waals surface area contributed by atoms with E-state index >= 15 is 0 Å². The second kappa shape index (κ2) is 5.90. The number of hydrogen-bond donors (Lipinski definition) is 3. The highest BCUT2D eigenvalue weighted by Gasteiger charge is 2.49. The Bertz CT molecular complexity index is 362. The predicted molar refractivity (Wildman–Crippen MR) is 80.9 cm³/mol. The predicted octanol–water partition coefficient (Wildman–Crippen LogP) is 1.27. The maximum atomic E-state index is 10.4. The lowest BCUT2D eigenvalue weighted by Crippen LogP contribution is -2.63. The number of hydrogen-bond acceptors (Lipinski definition) is 3. The molecule has 0 saturated heterocycles. The lowest BCUT2D eigenvalue weighted by Gasteiger charge is -2.51. The Labute approximate surface area is 122 Å². The van der Waals surface area contributed by atoms with Crippen molar-refractivity contribution in [2.45, 2.75) is 63.7 Å². The van der Waals surface area contributed by atoms with E-state index in [0.717, 1.165) is 38.1 Å². The van der Waals surface area contributed by atoms with Gasteiger partial charge in [-0.1, -0.05) is 26.7 Å². The van der Waals surface area contributed by atoms with Crippen LogP contribution in [0.25, 0.3) is 0 Å². The van der Waals surface area contributed by atoms with Crippen molar-refractivity contribution in [2.75, 3.05) is 20.7 Å². The molecular formula is C15H29N3O2. The molecule has 0 heterocycles. The van der Waals surface area contributed by atoms with Gasteiger partial charge in [-0.15, -0.1) is 0 Å². The first-order chi connectivity index (χ1) is 9.41. The summed E-state index contributed by atoms with van der Waals surface area (Å²) >= 11 is 0. The molecule has 0 aromatic rings. The average molecular weight is 283 g/mol. The number of aliphatic hydroxyl groups is 1. The first kappa shape index (κ1) is 15.6. The molecule has 3 N–H and O–H groups in total. The number of rotatable bonds is 4. The SMILES string of the molecule is CN=C(NCC1(O)CCCC1)NC1CC(OC)C1(C)C. The maximum Gasteiger partial charge on any atom is 0.191 e. The van der Waals surface area contributed by atoms with Gasteiger partial charge >= 0.3 is 0 Å². The maximum absolute atomic E-state index is 10.4. The first-order valence-electron chi connectivity index (χ1n) is 7.64. The third-order valence-electron chi connectivity index (χ3n) is 5.12. The zero-order valence-electron chi connectivity index (χ0n) is 13.2. The monoisotopic (exact) mass is 283 g/mol. The van der Waals surface area contributed by atoms with Crippen molar-refractivity contribution in [1.82, 2.24) is 10.6 Å². The molecule has 2 aliphatic rings. The highest BCUT2D eigenvalue weighted by molar-refractivity contribution is 5.80. The summed E-state index contributed by atoms with van der Waals surface area (Å²) in [6.07, 6.45) is 5.31. The molecule has 2 unspecified atom stereocenters. The van der Waals surface area contributed by atoms with Crippen molar-refractivity contribution in [2.24, 2.45) is 10.4 Å². The molecule has 2 atom stereocenters. The van der Waals surface area contributed by atoms with E-state index in [4.69, 9.17) is 4.74 Å². The first-order valence-corrected chi connectivity index (χ1v) is 7.64. The van der Waals surface area contributed by atoms with Crippen LogP contribution in [0.1, 0.15) is 46.0 Å². The van der Waals surface area contributed by atoms with Crippen LogP contribution in [-0.4, -0.2) is 49.5 Å². The van der Waals surface area contributed by atoms with Crippen LogP contribution in [0.4, 0.5) is 0 Å². The van der Waals surface area contributed by atoms with Crippen LogP contribution in [0.2, 0.25) is 0 Å². The fourth-order valence-corrected chi connectivity index (χ4v) is 3.35. The van der Waals surface area contributed by atoms with Gasteiger partial charge in [0.1, 0.15) is 0 Å². The summed E-state index contributed by atoms with van der Waals surface area (Å²) in [4.78, 5) is 4.26. The lowest BCUT2D eigenvalue weighted by molar-refractivity contribution is -0.0923. The molecule has 0 aromatic heterocycles. The van der Waals surface area contributed by atoms with Crippen molar-refractivity contribution in [3.05, 3.63) is 0 Å². The fourth-order valence-electron chi connectivity index (χ4n) is 3.35. The van der Waals surface area contributed by atoms with Gasteiger partial charge in [0.25, 0.3) is 0 Å². The minimum atomic E-state index is -0.554. The minimum Gasteiger partial charge on any atom is -0.388 e. The number of nitrogens with one attached hydrogen (secondary N) is 2. The van der Waals surface area contributed by atoms with Crippen LogP contribution < -0.4 is 10.6 Å². The number of aliphatic imine (C=N–C) groups is 1. The molecule has 2 fully saturated rings. The van der Waals surface area contributed by atoms with Gasteiger partial charge in [0.05, 0.1) is 11.7 Å². The molecule has 5 heteroatoms. The number of methoxy groups -OCH3 is 1. The lowest BCUT2D eigenvalue weighted by atomic mass is 9.64. The summed E-state index contributed by atoms with van der Waals surface area (Å²) in [6.45, 7) is 4.99. The van der Waals surface area contributed by atoms with Gasteiger partial charge in [-0.25, -0.2) is 0 Å². The molecule has 0 spiro atoms. The summed E-state index contributed by atoms with van der Waals surface area (Å²) in [5.41, 5.74) is -0.446. The van der Waals surface area contributed by atoms with Crippen molar-refractivity contribution in [1.29, 1.82) is 0 Å². The summed E-state index contributed by atoms with van der Waals surface area (Å²) < 4.78 is 5.46. The quantitative estimate of drug-likeness (QED) is 0.537. The molecule has 2 aliphatic carbocycles. The summed E-state index contributed by atoms with van der Waals surface area (Å²) in [7, 11) is 3.54. The highest BCUT2D eigenvalue weighted by atomic mass is 16.5. The molecule has 0 amide bonds. The minimum absolute atomic E-state index is 0.108. The molecule has 0 aliphatic heterocycles. The van der Waals surface area contributed by atoms with Crippen LogP contribution in [0, 0.1) is 5.41 Å². The van der Waals surface area contributed by atoms with Gasteiger partial charge < -0.3 is 20.5 Å². The smallest absolute Gasteiger partial charge is 0.191 e. The molecular weight excluding hydrogens is 254 g/mol. The van der Waals surface area contributed by atoms with Gasteiger partial charge in [0, 0.05) is 32.2 Å². The van der Waals surface area contributed by atoms with E-state index in [2.05, 4.69) is 29.5 Å². The zero-order valence-corrected chi connectivity index (χ0v) is 13.2. The van der Waals surface area contributed by atoms with Crippen LogP contribution in [0.15, 0.2) is 4.99 Å². The molecule has 2 rings (SSSR count). The number of nitrogens with zero attached hydrogens (tertiary/aromatic N) is 1. The van der Waals surface area contributed by atoms with Crippen LogP contribution >= 0.6 is 0 Å². The van der Waals surface area contributed by atoms with Gasteiger partial charge in [0.2, 0.25) is 0 Å². The third-order valence-corrected chi connectivity index (χ3v) is 5.12.